The molecule has 1 aromatic heterocycles. The number of ether oxygens (including phenoxy) is 1. The average Bonchev–Trinajstić information content (AvgIpc) is 2.40. The Labute approximate surface area is 107 Å². The molecule has 7 heteroatoms. The van der Waals surface area contributed by atoms with E-state index in [2.05, 4.69) is 32.5 Å². The van der Waals surface area contributed by atoms with Crippen molar-refractivity contribution in [1.82, 2.24) is 15.0 Å². The maximum atomic E-state index is 8.77. The summed E-state index contributed by atoms with van der Waals surface area (Å²) in [6.07, 6.45) is 1.87. The Morgan fingerprint density at radius 1 is 1.00 bits per heavy atom. The molecule has 3 N–H and O–H groups in total. The summed E-state index contributed by atoms with van der Waals surface area (Å²) in [7, 11) is 0. The van der Waals surface area contributed by atoms with Crippen LogP contribution < -0.4 is 15.4 Å². The molecule has 0 bridgehead atoms. The van der Waals surface area contributed by atoms with Crippen molar-refractivity contribution in [1.29, 1.82) is 0 Å². The molecule has 18 heavy (non-hydrogen) atoms. The SMILES string of the molecule is CCCNc1nc(NCCO)nc(OCCC)n1. The van der Waals surface area contributed by atoms with Gasteiger partial charge in [0.2, 0.25) is 11.9 Å². The first-order valence-electron chi connectivity index (χ1n) is 6.27. The minimum absolute atomic E-state index is 0.0224. The van der Waals surface area contributed by atoms with Gasteiger partial charge in [0.1, 0.15) is 0 Å². The molecule has 0 aliphatic carbocycles. The number of hydrogen-bond donors (Lipinski definition) is 3. The summed E-state index contributed by atoms with van der Waals surface area (Å²) in [6.45, 7) is 5.85. The third-order valence-electron chi connectivity index (χ3n) is 1.98. The fourth-order valence-corrected chi connectivity index (χ4v) is 1.18. The van der Waals surface area contributed by atoms with E-state index in [1.807, 2.05) is 6.92 Å². The highest BCUT2D eigenvalue weighted by molar-refractivity contribution is 5.35. The molecule has 0 aliphatic heterocycles. The Morgan fingerprint density at radius 2 is 1.67 bits per heavy atom. The van der Waals surface area contributed by atoms with Crippen molar-refractivity contribution in [2.75, 3.05) is 36.9 Å². The van der Waals surface area contributed by atoms with Crippen LogP contribution in [0.3, 0.4) is 0 Å². The Hall–Kier alpha value is -1.63. The second-order valence-corrected chi connectivity index (χ2v) is 3.69. The van der Waals surface area contributed by atoms with Gasteiger partial charge in [-0.3, -0.25) is 0 Å². The van der Waals surface area contributed by atoms with Crippen LogP contribution in [-0.2, 0) is 0 Å². The van der Waals surface area contributed by atoms with Gasteiger partial charge < -0.3 is 20.5 Å². The average molecular weight is 255 g/mol. The molecule has 1 heterocycles. The van der Waals surface area contributed by atoms with E-state index in [0.29, 0.717) is 31.1 Å². The second kappa shape index (κ2) is 8.46. The molecule has 0 atom stereocenters. The monoisotopic (exact) mass is 255 g/mol. The van der Waals surface area contributed by atoms with Gasteiger partial charge in [0.05, 0.1) is 13.2 Å². The number of rotatable bonds is 9. The molecule has 0 aliphatic rings. The Kier molecular flexibility index (Phi) is 6.78. The van der Waals surface area contributed by atoms with Crippen LogP contribution in [0.15, 0.2) is 0 Å². The summed E-state index contributed by atoms with van der Waals surface area (Å²) in [4.78, 5) is 12.4. The van der Waals surface area contributed by atoms with Gasteiger partial charge in [-0.25, -0.2) is 0 Å². The Morgan fingerprint density at radius 3 is 2.22 bits per heavy atom. The standard InChI is InChI=1S/C11H21N5O2/c1-3-5-12-9-14-10(13-6-7-17)16-11(15-9)18-8-4-2/h17H,3-8H2,1-2H3,(H2,12,13,14,15,16). The molecular formula is C11H21N5O2. The van der Waals surface area contributed by atoms with Crippen molar-refractivity contribution in [2.45, 2.75) is 26.7 Å². The molecule has 0 saturated carbocycles. The molecule has 0 spiro atoms. The molecule has 7 nitrogen and oxygen atoms in total. The van der Waals surface area contributed by atoms with Crippen LogP contribution in [0, 0.1) is 0 Å². The van der Waals surface area contributed by atoms with Crippen molar-refractivity contribution in [3.8, 4) is 6.01 Å². The third kappa shape index (κ3) is 5.13. The lowest BCUT2D eigenvalue weighted by molar-refractivity contribution is 0.291. The topological polar surface area (TPSA) is 92.2 Å². The van der Waals surface area contributed by atoms with Crippen LogP contribution in [-0.4, -0.2) is 46.4 Å². The van der Waals surface area contributed by atoms with Crippen LogP contribution >= 0.6 is 0 Å². The molecule has 1 rings (SSSR count). The van der Waals surface area contributed by atoms with E-state index in [4.69, 9.17) is 9.84 Å². The molecule has 1 aromatic rings. The van der Waals surface area contributed by atoms with Crippen molar-refractivity contribution >= 4 is 11.9 Å². The Balaban J connectivity index is 2.74. The van der Waals surface area contributed by atoms with Crippen LogP contribution in [0.25, 0.3) is 0 Å². The number of nitrogens with zero attached hydrogens (tertiary/aromatic N) is 3. The Bertz CT molecular complexity index is 283. The quantitative estimate of drug-likeness (QED) is 0.603. The number of aliphatic hydroxyl groups excluding tert-OH is 1. The summed E-state index contributed by atoms with van der Waals surface area (Å²) < 4.78 is 5.39. The van der Waals surface area contributed by atoms with Crippen molar-refractivity contribution in [3.05, 3.63) is 0 Å². The maximum absolute atomic E-state index is 8.77. The zero-order valence-corrected chi connectivity index (χ0v) is 10.9. The number of nitrogens with one attached hydrogen (secondary N) is 2. The summed E-state index contributed by atoms with van der Waals surface area (Å²) >= 11 is 0. The van der Waals surface area contributed by atoms with E-state index in [0.717, 1.165) is 19.4 Å². The largest absolute Gasteiger partial charge is 0.463 e. The highest BCUT2D eigenvalue weighted by Gasteiger charge is 2.06. The van der Waals surface area contributed by atoms with Crippen LogP contribution in [0.4, 0.5) is 11.9 Å². The first-order valence-corrected chi connectivity index (χ1v) is 6.27. The van der Waals surface area contributed by atoms with E-state index in [1.54, 1.807) is 0 Å². The summed E-state index contributed by atoms with van der Waals surface area (Å²) in [5.41, 5.74) is 0. The van der Waals surface area contributed by atoms with E-state index in [1.165, 1.54) is 0 Å². The normalized spacial score (nSPS) is 10.2. The molecule has 0 aromatic carbocycles. The number of hydrogen-bond acceptors (Lipinski definition) is 7. The fraction of sp³-hybridized carbons (Fsp3) is 0.727. The van der Waals surface area contributed by atoms with Gasteiger partial charge in [0.15, 0.2) is 0 Å². The van der Waals surface area contributed by atoms with Gasteiger partial charge in [-0.1, -0.05) is 13.8 Å². The smallest absolute Gasteiger partial charge is 0.323 e. The van der Waals surface area contributed by atoms with Crippen molar-refractivity contribution in [3.63, 3.8) is 0 Å². The highest BCUT2D eigenvalue weighted by atomic mass is 16.5. The molecule has 0 unspecified atom stereocenters. The van der Waals surface area contributed by atoms with Gasteiger partial charge >= 0.3 is 6.01 Å². The van der Waals surface area contributed by atoms with Gasteiger partial charge in [-0.15, -0.1) is 0 Å². The second-order valence-electron chi connectivity index (χ2n) is 3.69. The third-order valence-corrected chi connectivity index (χ3v) is 1.98. The first kappa shape index (κ1) is 14.4. The molecule has 102 valence electrons. The van der Waals surface area contributed by atoms with Gasteiger partial charge in [-0.2, -0.15) is 15.0 Å². The number of aliphatic hydroxyl groups is 1. The lowest BCUT2D eigenvalue weighted by Crippen LogP contribution is -2.13. The first-order chi connectivity index (χ1) is 8.80. The maximum Gasteiger partial charge on any atom is 0.323 e. The van der Waals surface area contributed by atoms with Gasteiger partial charge in [-0.05, 0) is 12.8 Å². The van der Waals surface area contributed by atoms with Crippen molar-refractivity contribution < 1.29 is 9.84 Å². The minimum Gasteiger partial charge on any atom is -0.463 e. The highest BCUT2D eigenvalue weighted by Crippen LogP contribution is 2.11. The summed E-state index contributed by atoms with van der Waals surface area (Å²) in [6, 6.07) is 0.297. The minimum atomic E-state index is 0.0224. The predicted molar refractivity (Wildman–Crippen MR) is 70.0 cm³/mol. The lowest BCUT2D eigenvalue weighted by atomic mass is 10.5. The number of anilines is 2. The van der Waals surface area contributed by atoms with E-state index < -0.39 is 0 Å². The zero-order valence-electron chi connectivity index (χ0n) is 10.9. The van der Waals surface area contributed by atoms with Gasteiger partial charge in [0.25, 0.3) is 0 Å². The van der Waals surface area contributed by atoms with Crippen LogP contribution in [0.1, 0.15) is 26.7 Å². The van der Waals surface area contributed by atoms with Gasteiger partial charge in [0, 0.05) is 13.1 Å². The lowest BCUT2D eigenvalue weighted by Gasteiger charge is -2.09. The predicted octanol–water partition coefficient (Wildman–Crippen LogP) is 0.886. The summed E-state index contributed by atoms with van der Waals surface area (Å²) in [5.74, 6) is 0.891. The van der Waals surface area contributed by atoms with Crippen LogP contribution in [0.2, 0.25) is 0 Å². The van der Waals surface area contributed by atoms with Crippen LogP contribution in [0.5, 0.6) is 6.01 Å². The molecule has 0 saturated heterocycles. The molecule has 0 fully saturated rings. The van der Waals surface area contributed by atoms with Crippen molar-refractivity contribution in [2.24, 2.45) is 0 Å². The molecule has 0 radical (unpaired) electrons. The molecular weight excluding hydrogens is 234 g/mol. The van der Waals surface area contributed by atoms with E-state index in [-0.39, 0.29) is 6.61 Å². The fourth-order valence-electron chi connectivity index (χ4n) is 1.18. The summed E-state index contributed by atoms with van der Waals surface area (Å²) in [5, 5.41) is 14.7. The zero-order chi connectivity index (χ0) is 13.2. The van der Waals surface area contributed by atoms with E-state index >= 15 is 0 Å². The number of aromatic nitrogens is 3. The van der Waals surface area contributed by atoms with E-state index in [9.17, 15) is 0 Å². The molecule has 0 amide bonds.